The lowest BCUT2D eigenvalue weighted by Crippen LogP contribution is -2.41. The maximum Gasteiger partial charge on any atom is 0.227 e. The highest BCUT2D eigenvalue weighted by Gasteiger charge is 2.23. The lowest BCUT2D eigenvalue weighted by Gasteiger charge is -2.31. The van der Waals surface area contributed by atoms with E-state index in [4.69, 9.17) is 4.52 Å². The van der Waals surface area contributed by atoms with Gasteiger partial charge >= 0.3 is 0 Å². The van der Waals surface area contributed by atoms with E-state index in [1.54, 1.807) is 11.3 Å². The fourth-order valence-corrected chi connectivity index (χ4v) is 3.31. The minimum Gasteiger partial charge on any atom is -0.396 e. The van der Waals surface area contributed by atoms with Crippen LogP contribution in [0.4, 0.5) is 0 Å². The number of aromatic nitrogens is 2. The quantitative estimate of drug-likeness (QED) is 0.910. The van der Waals surface area contributed by atoms with E-state index in [0.717, 1.165) is 24.9 Å². The summed E-state index contributed by atoms with van der Waals surface area (Å²) in [6, 6.07) is 1.94. The Hall–Kier alpha value is -1.73. The molecule has 0 spiro atoms. The van der Waals surface area contributed by atoms with Gasteiger partial charge in [0.25, 0.3) is 0 Å². The van der Waals surface area contributed by atoms with Crippen LogP contribution in [0.25, 0.3) is 11.4 Å². The molecule has 0 aliphatic carbocycles. The predicted octanol–water partition coefficient (Wildman–Crippen LogP) is 1.96. The Bertz CT molecular complexity index is 611. The summed E-state index contributed by atoms with van der Waals surface area (Å²) in [5.74, 6) is 1.37. The first-order chi connectivity index (χ1) is 10.8. The fraction of sp³-hybridized carbons (Fsp3) is 0.533. The average molecular weight is 321 g/mol. The normalized spacial score (nSPS) is 18.6. The van der Waals surface area contributed by atoms with Crippen LogP contribution in [0.3, 0.4) is 0 Å². The van der Waals surface area contributed by atoms with Crippen LogP contribution < -0.4 is 0 Å². The van der Waals surface area contributed by atoms with Crippen LogP contribution in [0.15, 0.2) is 21.3 Å². The Labute approximate surface area is 132 Å². The first-order valence-corrected chi connectivity index (χ1v) is 8.44. The summed E-state index contributed by atoms with van der Waals surface area (Å²) in [4.78, 5) is 18.4. The van der Waals surface area contributed by atoms with Gasteiger partial charge in [0, 0.05) is 43.5 Å². The van der Waals surface area contributed by atoms with Crippen molar-refractivity contribution >= 4 is 17.2 Å². The monoisotopic (exact) mass is 321 g/mol. The van der Waals surface area contributed by atoms with E-state index in [1.807, 2.05) is 21.7 Å². The molecule has 0 saturated carbocycles. The standard InChI is InChI=1S/C15H19N3O3S/c19-9-11-2-1-6-18(8-11)14(20)4-3-13-16-15(17-21-13)12-5-7-22-10-12/h5,7,10-11,19H,1-4,6,8-9H2. The van der Waals surface area contributed by atoms with Crippen LogP contribution in [0.1, 0.15) is 25.2 Å². The van der Waals surface area contributed by atoms with Crippen LogP contribution in [-0.2, 0) is 11.2 Å². The van der Waals surface area contributed by atoms with E-state index in [9.17, 15) is 9.90 Å². The van der Waals surface area contributed by atoms with Crippen molar-refractivity contribution in [3.8, 4) is 11.4 Å². The molecule has 1 N–H and O–H groups in total. The lowest BCUT2D eigenvalue weighted by atomic mass is 9.99. The minimum absolute atomic E-state index is 0.0911. The number of likely N-dealkylation sites (tertiary alicyclic amines) is 1. The first kappa shape index (κ1) is 15.2. The average Bonchev–Trinajstić information content (AvgIpc) is 3.23. The van der Waals surface area contributed by atoms with Crippen molar-refractivity contribution < 1.29 is 14.4 Å². The third kappa shape index (κ3) is 3.53. The number of aliphatic hydroxyl groups excluding tert-OH is 1. The molecule has 3 heterocycles. The zero-order valence-electron chi connectivity index (χ0n) is 12.3. The van der Waals surface area contributed by atoms with Gasteiger partial charge in [-0.25, -0.2) is 0 Å². The maximum atomic E-state index is 12.2. The zero-order chi connectivity index (χ0) is 15.4. The second-order valence-electron chi connectivity index (χ2n) is 5.55. The third-order valence-corrected chi connectivity index (χ3v) is 4.61. The molecule has 0 radical (unpaired) electrons. The Morgan fingerprint density at radius 1 is 1.55 bits per heavy atom. The minimum atomic E-state index is 0.0911. The second kappa shape index (κ2) is 7.02. The summed E-state index contributed by atoms with van der Waals surface area (Å²) in [7, 11) is 0. The number of aryl methyl sites for hydroxylation is 1. The van der Waals surface area contributed by atoms with E-state index >= 15 is 0 Å². The summed E-state index contributed by atoms with van der Waals surface area (Å²) >= 11 is 1.58. The molecule has 0 bridgehead atoms. The summed E-state index contributed by atoms with van der Waals surface area (Å²) in [6.45, 7) is 1.58. The molecule has 6 nitrogen and oxygen atoms in total. The van der Waals surface area contributed by atoms with Crippen molar-refractivity contribution in [1.29, 1.82) is 0 Å². The van der Waals surface area contributed by atoms with Gasteiger partial charge in [0.05, 0.1) is 0 Å². The van der Waals surface area contributed by atoms with Gasteiger partial charge in [0.2, 0.25) is 17.6 Å². The number of carbonyl (C=O) groups is 1. The van der Waals surface area contributed by atoms with Crippen molar-refractivity contribution in [3.63, 3.8) is 0 Å². The summed E-state index contributed by atoms with van der Waals surface area (Å²) in [5.41, 5.74) is 0.938. The molecule has 2 aromatic heterocycles. The number of thiophene rings is 1. The van der Waals surface area contributed by atoms with Crippen LogP contribution in [0.2, 0.25) is 0 Å². The molecule has 118 valence electrons. The first-order valence-electron chi connectivity index (χ1n) is 7.50. The third-order valence-electron chi connectivity index (χ3n) is 3.93. The number of aliphatic hydroxyl groups is 1. The molecule has 3 rings (SSSR count). The lowest BCUT2D eigenvalue weighted by molar-refractivity contribution is -0.133. The van der Waals surface area contributed by atoms with Gasteiger partial charge < -0.3 is 14.5 Å². The maximum absolute atomic E-state index is 12.2. The molecule has 0 aromatic carbocycles. The van der Waals surface area contributed by atoms with Crippen molar-refractivity contribution in [1.82, 2.24) is 15.0 Å². The topological polar surface area (TPSA) is 79.5 Å². The highest BCUT2D eigenvalue weighted by atomic mass is 32.1. The van der Waals surface area contributed by atoms with Gasteiger partial charge in [-0.15, -0.1) is 0 Å². The molecule has 2 aromatic rings. The molecule has 1 aliphatic rings. The van der Waals surface area contributed by atoms with Gasteiger partial charge in [-0.3, -0.25) is 4.79 Å². The Kier molecular flexibility index (Phi) is 4.84. The highest BCUT2D eigenvalue weighted by molar-refractivity contribution is 7.08. The molecule has 1 saturated heterocycles. The number of carbonyl (C=O) groups excluding carboxylic acids is 1. The smallest absolute Gasteiger partial charge is 0.227 e. The van der Waals surface area contributed by atoms with E-state index in [1.165, 1.54) is 0 Å². The van der Waals surface area contributed by atoms with Crippen molar-refractivity contribution in [2.24, 2.45) is 5.92 Å². The Morgan fingerprint density at radius 3 is 3.23 bits per heavy atom. The molecule has 1 atom stereocenters. The molecule has 1 fully saturated rings. The Morgan fingerprint density at radius 2 is 2.45 bits per heavy atom. The van der Waals surface area contributed by atoms with Crippen LogP contribution >= 0.6 is 11.3 Å². The summed E-state index contributed by atoms with van der Waals surface area (Å²) in [6.07, 6.45) is 2.77. The van der Waals surface area contributed by atoms with Crippen LogP contribution in [-0.4, -0.2) is 45.8 Å². The molecule has 22 heavy (non-hydrogen) atoms. The Balaban J connectivity index is 1.53. The largest absolute Gasteiger partial charge is 0.396 e. The SMILES string of the molecule is O=C(CCc1nc(-c2ccsc2)no1)N1CCCC(CO)C1. The van der Waals surface area contributed by atoms with Gasteiger partial charge in [0.15, 0.2) is 0 Å². The number of amides is 1. The van der Waals surface area contributed by atoms with Crippen molar-refractivity contribution in [3.05, 3.63) is 22.7 Å². The molecule has 1 unspecified atom stereocenters. The summed E-state index contributed by atoms with van der Waals surface area (Å²) < 4.78 is 5.20. The van der Waals surface area contributed by atoms with E-state index in [2.05, 4.69) is 10.1 Å². The van der Waals surface area contributed by atoms with Gasteiger partial charge in [0.1, 0.15) is 0 Å². The number of piperidine rings is 1. The van der Waals surface area contributed by atoms with Gasteiger partial charge in [-0.2, -0.15) is 16.3 Å². The molecule has 7 heteroatoms. The van der Waals surface area contributed by atoms with Gasteiger partial charge in [-0.1, -0.05) is 5.16 Å². The molecule has 1 amide bonds. The van der Waals surface area contributed by atoms with Crippen molar-refractivity contribution in [2.75, 3.05) is 19.7 Å². The number of hydrogen-bond donors (Lipinski definition) is 1. The summed E-state index contributed by atoms with van der Waals surface area (Å²) in [5, 5.41) is 17.1. The number of nitrogens with zero attached hydrogens (tertiary/aromatic N) is 3. The molecule has 1 aliphatic heterocycles. The molecular weight excluding hydrogens is 302 g/mol. The van der Waals surface area contributed by atoms with E-state index < -0.39 is 0 Å². The molecular formula is C15H19N3O3S. The van der Waals surface area contributed by atoms with E-state index in [0.29, 0.717) is 31.1 Å². The van der Waals surface area contributed by atoms with Crippen LogP contribution in [0, 0.1) is 5.92 Å². The highest BCUT2D eigenvalue weighted by Crippen LogP contribution is 2.20. The van der Waals surface area contributed by atoms with Gasteiger partial charge in [-0.05, 0) is 30.2 Å². The van der Waals surface area contributed by atoms with Crippen molar-refractivity contribution in [2.45, 2.75) is 25.7 Å². The predicted molar refractivity (Wildman–Crippen MR) is 82.3 cm³/mol. The van der Waals surface area contributed by atoms with E-state index in [-0.39, 0.29) is 18.4 Å². The second-order valence-corrected chi connectivity index (χ2v) is 6.33. The number of hydrogen-bond acceptors (Lipinski definition) is 6. The number of rotatable bonds is 5. The fourth-order valence-electron chi connectivity index (χ4n) is 2.68. The van der Waals surface area contributed by atoms with Crippen LogP contribution in [0.5, 0.6) is 0 Å². The zero-order valence-corrected chi connectivity index (χ0v) is 13.1.